The van der Waals surface area contributed by atoms with Crippen molar-refractivity contribution in [3.63, 3.8) is 0 Å². The molecule has 0 unspecified atom stereocenters. The van der Waals surface area contributed by atoms with Crippen LogP contribution in [-0.4, -0.2) is 41.3 Å². The van der Waals surface area contributed by atoms with Crippen molar-refractivity contribution < 1.29 is 9.26 Å². The van der Waals surface area contributed by atoms with Crippen LogP contribution in [0, 0.1) is 5.92 Å². The molecule has 1 atom stereocenters. The third-order valence-corrected chi connectivity index (χ3v) is 2.91. The highest BCUT2D eigenvalue weighted by molar-refractivity contribution is 4.93. The van der Waals surface area contributed by atoms with Gasteiger partial charge in [0.25, 0.3) is 0 Å². The molecule has 5 heteroatoms. The molecule has 0 saturated carbocycles. The summed E-state index contributed by atoms with van der Waals surface area (Å²) in [4.78, 5) is 6.50. The van der Waals surface area contributed by atoms with Gasteiger partial charge in [-0.05, 0) is 18.9 Å². The summed E-state index contributed by atoms with van der Waals surface area (Å²) >= 11 is 0. The lowest BCUT2D eigenvalue weighted by molar-refractivity contribution is -0.0141. The van der Waals surface area contributed by atoms with E-state index in [1.165, 1.54) is 12.8 Å². The summed E-state index contributed by atoms with van der Waals surface area (Å²) in [5, 5.41) is 3.91. The van der Waals surface area contributed by atoms with E-state index < -0.39 is 0 Å². The van der Waals surface area contributed by atoms with Gasteiger partial charge in [0.15, 0.2) is 5.82 Å². The Morgan fingerprint density at radius 2 is 2.44 bits per heavy atom. The zero-order valence-corrected chi connectivity index (χ0v) is 9.93. The van der Waals surface area contributed by atoms with E-state index in [1.54, 1.807) is 0 Å². The SMILES string of the molecule is CC(C)CCN1CCOC[C@H]1c1ncon1. The predicted molar refractivity (Wildman–Crippen MR) is 58.9 cm³/mol. The van der Waals surface area contributed by atoms with Gasteiger partial charge in [-0.25, -0.2) is 0 Å². The van der Waals surface area contributed by atoms with Crippen molar-refractivity contribution in [2.75, 3.05) is 26.3 Å². The molecule has 1 aliphatic heterocycles. The molecule has 0 N–H and O–H groups in total. The Morgan fingerprint density at radius 1 is 1.56 bits per heavy atom. The van der Waals surface area contributed by atoms with Gasteiger partial charge >= 0.3 is 0 Å². The lowest BCUT2D eigenvalue weighted by Crippen LogP contribution is -2.40. The predicted octanol–water partition coefficient (Wildman–Crippen LogP) is 1.49. The van der Waals surface area contributed by atoms with Crippen molar-refractivity contribution in [1.29, 1.82) is 0 Å². The Hall–Kier alpha value is -0.940. The third-order valence-electron chi connectivity index (χ3n) is 2.91. The molecule has 0 aromatic carbocycles. The maximum atomic E-state index is 5.48. The topological polar surface area (TPSA) is 51.4 Å². The van der Waals surface area contributed by atoms with Gasteiger partial charge in [-0.15, -0.1) is 0 Å². The Labute approximate surface area is 95.8 Å². The second-order valence-corrected chi connectivity index (χ2v) is 4.60. The van der Waals surface area contributed by atoms with E-state index in [2.05, 4.69) is 28.9 Å². The van der Waals surface area contributed by atoms with E-state index >= 15 is 0 Å². The van der Waals surface area contributed by atoms with Gasteiger partial charge in [0, 0.05) is 6.54 Å². The first-order valence-corrected chi connectivity index (χ1v) is 5.85. The van der Waals surface area contributed by atoms with Crippen molar-refractivity contribution in [2.45, 2.75) is 26.3 Å². The van der Waals surface area contributed by atoms with E-state index in [4.69, 9.17) is 9.26 Å². The van der Waals surface area contributed by atoms with E-state index in [9.17, 15) is 0 Å². The maximum absolute atomic E-state index is 5.48. The van der Waals surface area contributed by atoms with E-state index in [0.717, 1.165) is 25.5 Å². The number of nitrogens with zero attached hydrogens (tertiary/aromatic N) is 3. The first kappa shape index (κ1) is 11.5. The molecule has 1 aromatic rings. The molecule has 5 nitrogen and oxygen atoms in total. The molecule has 1 saturated heterocycles. The van der Waals surface area contributed by atoms with Crippen molar-refractivity contribution in [3.8, 4) is 0 Å². The largest absolute Gasteiger partial charge is 0.378 e. The second-order valence-electron chi connectivity index (χ2n) is 4.60. The van der Waals surface area contributed by atoms with Crippen LogP contribution in [0.4, 0.5) is 0 Å². The molecule has 2 heterocycles. The van der Waals surface area contributed by atoms with Crippen LogP contribution in [-0.2, 0) is 4.74 Å². The number of morpholine rings is 1. The van der Waals surface area contributed by atoms with Gasteiger partial charge in [-0.3, -0.25) is 4.90 Å². The van der Waals surface area contributed by atoms with Gasteiger partial charge in [0.05, 0.1) is 19.3 Å². The zero-order valence-electron chi connectivity index (χ0n) is 9.93. The molecule has 0 bridgehead atoms. The average molecular weight is 225 g/mol. The van der Waals surface area contributed by atoms with Gasteiger partial charge in [0.1, 0.15) is 0 Å². The van der Waals surface area contributed by atoms with Gasteiger partial charge in [-0.1, -0.05) is 19.0 Å². The summed E-state index contributed by atoms with van der Waals surface area (Å²) < 4.78 is 10.3. The minimum Gasteiger partial charge on any atom is -0.378 e. The standard InChI is InChI=1S/C11H19N3O2/c1-9(2)3-4-14-5-6-15-7-10(14)11-12-8-16-13-11/h8-10H,3-7H2,1-2H3/t10-/m0/s1. The summed E-state index contributed by atoms with van der Waals surface area (Å²) in [6.07, 6.45) is 2.57. The molecular formula is C11H19N3O2. The van der Waals surface area contributed by atoms with E-state index in [1.807, 2.05) is 0 Å². The molecule has 1 fully saturated rings. The highest BCUT2D eigenvalue weighted by atomic mass is 16.5. The Bertz CT molecular complexity index is 300. The van der Waals surface area contributed by atoms with E-state index in [0.29, 0.717) is 12.5 Å². The van der Waals surface area contributed by atoms with Gasteiger partial charge in [0.2, 0.25) is 6.39 Å². The first-order chi connectivity index (χ1) is 7.77. The lowest BCUT2D eigenvalue weighted by atomic mass is 10.1. The molecule has 1 aliphatic rings. The Balaban J connectivity index is 1.97. The molecular weight excluding hydrogens is 206 g/mol. The monoisotopic (exact) mass is 225 g/mol. The number of aromatic nitrogens is 2. The highest BCUT2D eigenvalue weighted by Gasteiger charge is 2.27. The minimum absolute atomic E-state index is 0.159. The van der Waals surface area contributed by atoms with Gasteiger partial charge < -0.3 is 9.26 Å². The first-order valence-electron chi connectivity index (χ1n) is 5.85. The number of ether oxygens (including phenoxy) is 1. The molecule has 0 aliphatic carbocycles. The van der Waals surface area contributed by atoms with Crippen LogP contribution < -0.4 is 0 Å². The fourth-order valence-electron chi connectivity index (χ4n) is 1.89. The van der Waals surface area contributed by atoms with Crippen molar-refractivity contribution in [2.24, 2.45) is 5.92 Å². The van der Waals surface area contributed by atoms with Crippen molar-refractivity contribution >= 4 is 0 Å². The Morgan fingerprint density at radius 3 is 3.12 bits per heavy atom. The third kappa shape index (κ3) is 2.80. The molecule has 0 radical (unpaired) electrons. The lowest BCUT2D eigenvalue weighted by Gasteiger charge is -2.33. The van der Waals surface area contributed by atoms with Crippen LogP contribution in [0.1, 0.15) is 32.1 Å². The van der Waals surface area contributed by atoms with Crippen LogP contribution in [0.5, 0.6) is 0 Å². The molecule has 2 rings (SSSR count). The smallest absolute Gasteiger partial charge is 0.213 e. The summed E-state index contributed by atoms with van der Waals surface area (Å²) in [6, 6.07) is 0.159. The second kappa shape index (κ2) is 5.41. The number of rotatable bonds is 4. The van der Waals surface area contributed by atoms with Crippen LogP contribution in [0.3, 0.4) is 0 Å². The number of hydrogen-bond donors (Lipinski definition) is 0. The van der Waals surface area contributed by atoms with Crippen LogP contribution in [0.15, 0.2) is 10.9 Å². The summed E-state index contributed by atoms with van der Waals surface area (Å²) in [7, 11) is 0. The fraction of sp³-hybridized carbons (Fsp3) is 0.818. The molecule has 0 spiro atoms. The fourth-order valence-corrected chi connectivity index (χ4v) is 1.89. The number of hydrogen-bond acceptors (Lipinski definition) is 5. The van der Waals surface area contributed by atoms with E-state index in [-0.39, 0.29) is 6.04 Å². The summed E-state index contributed by atoms with van der Waals surface area (Å²) in [5.74, 6) is 1.46. The highest BCUT2D eigenvalue weighted by Crippen LogP contribution is 2.21. The van der Waals surface area contributed by atoms with Crippen molar-refractivity contribution in [3.05, 3.63) is 12.2 Å². The molecule has 1 aromatic heterocycles. The normalized spacial score (nSPS) is 22.8. The zero-order chi connectivity index (χ0) is 11.4. The summed E-state index contributed by atoms with van der Waals surface area (Å²) in [5.41, 5.74) is 0. The maximum Gasteiger partial charge on any atom is 0.213 e. The van der Waals surface area contributed by atoms with Crippen LogP contribution >= 0.6 is 0 Å². The Kier molecular flexibility index (Phi) is 3.90. The molecule has 90 valence electrons. The minimum atomic E-state index is 0.159. The van der Waals surface area contributed by atoms with Crippen LogP contribution in [0.25, 0.3) is 0 Å². The average Bonchev–Trinajstić information content (AvgIpc) is 2.80. The molecule has 16 heavy (non-hydrogen) atoms. The quantitative estimate of drug-likeness (QED) is 0.777. The summed E-state index contributed by atoms with van der Waals surface area (Å²) in [6.45, 7) is 7.96. The van der Waals surface area contributed by atoms with Crippen molar-refractivity contribution in [1.82, 2.24) is 15.0 Å². The van der Waals surface area contributed by atoms with Gasteiger partial charge in [-0.2, -0.15) is 4.98 Å². The van der Waals surface area contributed by atoms with Crippen LogP contribution in [0.2, 0.25) is 0 Å². The molecule has 0 amide bonds.